The van der Waals surface area contributed by atoms with Crippen molar-refractivity contribution in [1.29, 1.82) is 0 Å². The molecule has 0 spiro atoms. The molecule has 0 rings (SSSR count). The second-order valence-corrected chi connectivity index (χ2v) is 2.61. The quantitative estimate of drug-likeness (QED) is 0.469. The Morgan fingerprint density at radius 1 is 1.64 bits per heavy atom. The molecule has 0 saturated carbocycles. The molecule has 0 bridgehead atoms. The van der Waals surface area contributed by atoms with Gasteiger partial charge in [0.2, 0.25) is 0 Å². The predicted molar refractivity (Wildman–Crippen MR) is 42.9 cm³/mol. The second kappa shape index (κ2) is 5.82. The van der Waals surface area contributed by atoms with Gasteiger partial charge < -0.3 is 0 Å². The number of nitrogens with one attached hydrogen (secondary N) is 1. The molecule has 0 radical (unpaired) electrons. The number of ketones is 1. The van der Waals surface area contributed by atoms with E-state index in [2.05, 4.69) is 10.7 Å². The molecule has 0 aliphatic rings. The zero-order valence-electron chi connectivity index (χ0n) is 6.96. The van der Waals surface area contributed by atoms with Crippen LogP contribution in [-0.2, 0) is 4.79 Å². The number of hydrogen-bond donors (Lipinski definition) is 1. The predicted octanol–water partition coefficient (Wildman–Crippen LogP) is 1.41. The Morgan fingerprint density at radius 3 is 2.64 bits per heavy atom. The van der Waals surface area contributed by atoms with Crippen molar-refractivity contribution in [3.63, 3.8) is 0 Å². The van der Waals surface area contributed by atoms with E-state index in [1.165, 1.54) is 6.92 Å². The molecule has 0 aromatic heterocycles. The van der Waals surface area contributed by atoms with Gasteiger partial charge in [0.1, 0.15) is 5.78 Å². The van der Waals surface area contributed by atoms with E-state index in [-0.39, 0.29) is 11.8 Å². The van der Waals surface area contributed by atoms with Crippen LogP contribution in [0.25, 0.3) is 0 Å². The third-order valence-corrected chi connectivity index (χ3v) is 1.41. The number of hydrogen-bond acceptors (Lipinski definition) is 3. The Bertz CT molecular complexity index is 136. The van der Waals surface area contributed by atoms with Crippen LogP contribution in [0.5, 0.6) is 0 Å². The molecule has 0 saturated heterocycles. The lowest BCUT2D eigenvalue weighted by atomic mass is 10.1. The highest BCUT2D eigenvalue weighted by atomic mass is 16.3. The normalized spacial score (nSPS) is 12.2. The first-order valence-electron chi connectivity index (χ1n) is 3.78. The van der Waals surface area contributed by atoms with Gasteiger partial charge in [-0.2, -0.15) is 0 Å². The van der Waals surface area contributed by atoms with Crippen LogP contribution >= 0.6 is 0 Å². The molecule has 64 valence electrons. The first-order chi connectivity index (χ1) is 5.20. The molecule has 1 atom stereocenters. The van der Waals surface area contributed by atoms with Crippen LogP contribution in [0.1, 0.15) is 33.1 Å². The van der Waals surface area contributed by atoms with E-state index in [0.717, 1.165) is 12.8 Å². The maximum atomic E-state index is 10.6. The zero-order valence-corrected chi connectivity index (χ0v) is 6.96. The third-order valence-electron chi connectivity index (χ3n) is 1.41. The highest BCUT2D eigenvalue weighted by Crippen LogP contribution is 2.01. The minimum Gasteiger partial charge on any atom is -0.300 e. The van der Waals surface area contributed by atoms with E-state index in [1.807, 2.05) is 6.92 Å². The molecule has 0 aromatic carbocycles. The molecule has 0 fully saturated rings. The summed E-state index contributed by atoms with van der Waals surface area (Å²) < 4.78 is 0. The van der Waals surface area contributed by atoms with Crippen LogP contribution < -0.4 is 5.43 Å². The number of carbonyl (C=O) groups excluding carboxylic acids is 1. The van der Waals surface area contributed by atoms with Gasteiger partial charge in [0, 0.05) is 11.7 Å². The van der Waals surface area contributed by atoms with Crippen molar-refractivity contribution in [3.8, 4) is 0 Å². The monoisotopic (exact) mass is 158 g/mol. The van der Waals surface area contributed by atoms with Crippen molar-refractivity contribution >= 4 is 5.78 Å². The van der Waals surface area contributed by atoms with Crippen molar-refractivity contribution in [1.82, 2.24) is 5.43 Å². The number of carbonyl (C=O) groups is 1. The fourth-order valence-corrected chi connectivity index (χ4v) is 0.982. The van der Waals surface area contributed by atoms with Gasteiger partial charge in [-0.1, -0.05) is 13.3 Å². The Labute approximate surface area is 66.3 Å². The van der Waals surface area contributed by atoms with Crippen LogP contribution in [-0.4, -0.2) is 11.8 Å². The topological polar surface area (TPSA) is 58.5 Å². The minimum absolute atomic E-state index is 0.0741. The van der Waals surface area contributed by atoms with Crippen molar-refractivity contribution in [2.24, 2.45) is 5.29 Å². The smallest absolute Gasteiger partial charge is 0.131 e. The molecule has 0 heterocycles. The first-order valence-corrected chi connectivity index (χ1v) is 3.78. The highest BCUT2D eigenvalue weighted by Gasteiger charge is 2.08. The van der Waals surface area contributed by atoms with Crippen LogP contribution in [0, 0.1) is 4.91 Å². The van der Waals surface area contributed by atoms with Gasteiger partial charge in [-0.05, 0) is 13.3 Å². The van der Waals surface area contributed by atoms with Gasteiger partial charge in [0.05, 0.1) is 6.04 Å². The lowest BCUT2D eigenvalue weighted by Gasteiger charge is -2.10. The Morgan fingerprint density at radius 2 is 2.27 bits per heavy atom. The summed E-state index contributed by atoms with van der Waals surface area (Å²) in [5.41, 5.74) is 2.36. The standard InChI is InChI=1S/C7H14N2O2/c1-3-4-7(8-9-11)5-6(2)10/h7H,3-5H2,1-2H3,(H,8,11). The SMILES string of the molecule is CCCC(CC(C)=O)NN=O. The summed E-state index contributed by atoms with van der Waals surface area (Å²) in [5.74, 6) is 0.0830. The van der Waals surface area contributed by atoms with E-state index < -0.39 is 0 Å². The lowest BCUT2D eigenvalue weighted by Crippen LogP contribution is -2.25. The number of rotatable bonds is 6. The zero-order chi connectivity index (χ0) is 8.69. The molecule has 0 amide bonds. The number of nitroso groups, excluding NO2 is 1. The van der Waals surface area contributed by atoms with E-state index in [4.69, 9.17) is 0 Å². The molecule has 11 heavy (non-hydrogen) atoms. The summed E-state index contributed by atoms with van der Waals surface area (Å²) in [4.78, 5) is 20.4. The van der Waals surface area contributed by atoms with Crippen molar-refractivity contribution in [2.75, 3.05) is 0 Å². The fraction of sp³-hybridized carbons (Fsp3) is 0.857. The third kappa shape index (κ3) is 5.51. The van der Waals surface area contributed by atoms with Gasteiger partial charge in [-0.3, -0.25) is 10.2 Å². The van der Waals surface area contributed by atoms with E-state index >= 15 is 0 Å². The van der Waals surface area contributed by atoms with Gasteiger partial charge in [0.15, 0.2) is 0 Å². The average Bonchev–Trinajstić information content (AvgIpc) is 1.87. The Hall–Kier alpha value is -0.930. The molecule has 0 aromatic rings. The lowest BCUT2D eigenvalue weighted by molar-refractivity contribution is -0.117. The summed E-state index contributed by atoms with van der Waals surface area (Å²) in [6, 6.07) is -0.0741. The van der Waals surface area contributed by atoms with Crippen LogP contribution in [0.4, 0.5) is 0 Å². The summed E-state index contributed by atoms with van der Waals surface area (Å²) in [6.07, 6.45) is 2.14. The Kier molecular flexibility index (Phi) is 5.33. The summed E-state index contributed by atoms with van der Waals surface area (Å²) in [5, 5.41) is 2.56. The van der Waals surface area contributed by atoms with Crippen molar-refractivity contribution in [3.05, 3.63) is 4.91 Å². The van der Waals surface area contributed by atoms with Crippen LogP contribution in [0.3, 0.4) is 0 Å². The van der Waals surface area contributed by atoms with Crippen molar-refractivity contribution in [2.45, 2.75) is 39.2 Å². The molecule has 1 N–H and O–H groups in total. The molecule has 0 aliphatic heterocycles. The van der Waals surface area contributed by atoms with E-state index in [9.17, 15) is 9.70 Å². The minimum atomic E-state index is -0.0741. The molecule has 4 nitrogen and oxygen atoms in total. The highest BCUT2D eigenvalue weighted by molar-refractivity contribution is 5.76. The second-order valence-electron chi connectivity index (χ2n) is 2.61. The molecule has 1 unspecified atom stereocenters. The maximum absolute atomic E-state index is 10.6. The maximum Gasteiger partial charge on any atom is 0.131 e. The molecular weight excluding hydrogens is 144 g/mol. The average molecular weight is 158 g/mol. The van der Waals surface area contributed by atoms with Gasteiger partial charge in [-0.25, -0.2) is 0 Å². The largest absolute Gasteiger partial charge is 0.300 e. The van der Waals surface area contributed by atoms with Crippen LogP contribution in [0.15, 0.2) is 5.29 Å². The summed E-state index contributed by atoms with van der Waals surface area (Å²) in [6.45, 7) is 3.51. The Balaban J connectivity index is 3.67. The summed E-state index contributed by atoms with van der Waals surface area (Å²) in [7, 11) is 0. The van der Waals surface area contributed by atoms with Gasteiger partial charge >= 0.3 is 0 Å². The van der Waals surface area contributed by atoms with Gasteiger partial charge in [0.25, 0.3) is 0 Å². The molecule has 4 heteroatoms. The van der Waals surface area contributed by atoms with Crippen LogP contribution in [0.2, 0.25) is 0 Å². The van der Waals surface area contributed by atoms with E-state index in [1.54, 1.807) is 0 Å². The van der Waals surface area contributed by atoms with E-state index in [0.29, 0.717) is 6.42 Å². The molecular formula is C7H14N2O2. The number of nitrogens with zero attached hydrogens (tertiary/aromatic N) is 1. The fourth-order valence-electron chi connectivity index (χ4n) is 0.982. The number of Topliss-reactive ketones (excluding diaryl/α,β-unsaturated/α-hetero) is 1. The summed E-state index contributed by atoms with van der Waals surface area (Å²) >= 11 is 0. The molecule has 0 aliphatic carbocycles. The van der Waals surface area contributed by atoms with Gasteiger partial charge in [-0.15, -0.1) is 4.91 Å². The van der Waals surface area contributed by atoms with Crippen molar-refractivity contribution < 1.29 is 4.79 Å². The first kappa shape index (κ1) is 10.1.